The van der Waals surface area contributed by atoms with Crippen molar-refractivity contribution in [2.24, 2.45) is 0 Å². The molecule has 1 aromatic carbocycles. The van der Waals surface area contributed by atoms with E-state index in [-0.39, 0.29) is 6.42 Å². The highest BCUT2D eigenvalue weighted by Gasteiger charge is 2.03. The quantitative estimate of drug-likeness (QED) is 0.846. The molecule has 1 heterocycles. The third-order valence-electron chi connectivity index (χ3n) is 2.55. The lowest BCUT2D eigenvalue weighted by atomic mass is 10.1. The number of hydrogen-bond acceptors (Lipinski definition) is 3. The molecule has 0 aliphatic carbocycles. The van der Waals surface area contributed by atoms with Gasteiger partial charge in [0.2, 0.25) is 0 Å². The number of nitrogens with zero attached hydrogens (tertiary/aromatic N) is 1. The minimum absolute atomic E-state index is 0.0872. The summed E-state index contributed by atoms with van der Waals surface area (Å²) in [4.78, 5) is 14.7. The molecule has 2 N–H and O–H groups in total. The number of benzene rings is 1. The molecule has 0 saturated heterocycles. The molecule has 88 valence electrons. The minimum Gasteiger partial charge on any atom is -0.481 e. The number of carboxylic acid groups (broad SMARTS) is 1. The average Bonchev–Trinajstić information content (AvgIpc) is 2.29. The van der Waals surface area contributed by atoms with Gasteiger partial charge < -0.3 is 10.4 Å². The van der Waals surface area contributed by atoms with Crippen molar-refractivity contribution in [1.82, 2.24) is 4.98 Å². The molecular weight excluding hydrogens is 216 g/mol. The lowest BCUT2D eigenvalue weighted by Crippen LogP contribution is -2.08. The summed E-state index contributed by atoms with van der Waals surface area (Å²) in [6.07, 6.45) is 1.81. The van der Waals surface area contributed by atoms with E-state index in [1.54, 1.807) is 6.20 Å². The highest BCUT2D eigenvalue weighted by Crippen LogP contribution is 2.21. The van der Waals surface area contributed by atoms with Gasteiger partial charge in [-0.1, -0.05) is 17.7 Å². The number of aromatic nitrogens is 1. The normalized spacial score (nSPS) is 10.4. The first-order valence-corrected chi connectivity index (χ1v) is 5.48. The van der Waals surface area contributed by atoms with Crippen LogP contribution in [0.1, 0.15) is 12.0 Å². The van der Waals surface area contributed by atoms with Crippen molar-refractivity contribution in [3.05, 3.63) is 36.0 Å². The van der Waals surface area contributed by atoms with Crippen molar-refractivity contribution in [1.29, 1.82) is 0 Å². The monoisotopic (exact) mass is 230 g/mol. The van der Waals surface area contributed by atoms with Crippen molar-refractivity contribution in [2.45, 2.75) is 13.3 Å². The number of carboxylic acids is 1. The predicted molar refractivity (Wildman–Crippen MR) is 67.2 cm³/mol. The fraction of sp³-hybridized carbons (Fsp3) is 0.231. The summed E-state index contributed by atoms with van der Waals surface area (Å²) >= 11 is 0. The van der Waals surface area contributed by atoms with Crippen LogP contribution in [0.25, 0.3) is 10.8 Å². The first-order chi connectivity index (χ1) is 8.16. The Kier molecular flexibility index (Phi) is 3.23. The number of fused-ring (bicyclic) bond motifs is 1. The van der Waals surface area contributed by atoms with Crippen molar-refractivity contribution < 1.29 is 9.90 Å². The van der Waals surface area contributed by atoms with E-state index in [2.05, 4.69) is 10.3 Å². The van der Waals surface area contributed by atoms with Crippen LogP contribution in [-0.2, 0) is 4.79 Å². The summed E-state index contributed by atoms with van der Waals surface area (Å²) in [6, 6.07) is 8.07. The van der Waals surface area contributed by atoms with Gasteiger partial charge in [-0.2, -0.15) is 0 Å². The van der Waals surface area contributed by atoms with Gasteiger partial charge in [0, 0.05) is 18.1 Å². The first kappa shape index (κ1) is 11.4. The average molecular weight is 230 g/mol. The number of rotatable bonds is 4. The topological polar surface area (TPSA) is 62.2 Å². The number of carbonyl (C=O) groups is 1. The molecule has 0 fully saturated rings. The molecule has 0 spiro atoms. The molecule has 0 atom stereocenters. The van der Waals surface area contributed by atoms with E-state index >= 15 is 0 Å². The number of hydrogen-bond donors (Lipinski definition) is 2. The fourth-order valence-corrected chi connectivity index (χ4v) is 1.71. The van der Waals surface area contributed by atoms with Gasteiger partial charge >= 0.3 is 5.97 Å². The Morgan fingerprint density at radius 2 is 2.24 bits per heavy atom. The van der Waals surface area contributed by atoms with Gasteiger partial charge in [-0.05, 0) is 24.4 Å². The summed E-state index contributed by atoms with van der Waals surface area (Å²) in [5.41, 5.74) is 1.16. The standard InChI is InChI=1S/C13H14N2O2/c1-9-2-3-10-4-6-14-13(11(10)8-9)15-7-5-12(16)17/h2-4,6,8H,5,7H2,1H3,(H,14,15)(H,16,17). The lowest BCUT2D eigenvalue weighted by Gasteiger charge is -2.08. The second-order valence-corrected chi connectivity index (χ2v) is 3.95. The molecule has 0 radical (unpaired) electrons. The molecule has 0 aliphatic heterocycles. The molecule has 4 nitrogen and oxygen atoms in total. The van der Waals surface area contributed by atoms with Crippen LogP contribution in [0.5, 0.6) is 0 Å². The maximum absolute atomic E-state index is 10.4. The van der Waals surface area contributed by atoms with Crippen molar-refractivity contribution >= 4 is 22.6 Å². The summed E-state index contributed by atoms with van der Waals surface area (Å²) < 4.78 is 0. The third-order valence-corrected chi connectivity index (χ3v) is 2.55. The number of aliphatic carboxylic acids is 1. The van der Waals surface area contributed by atoms with Crippen molar-refractivity contribution in [3.63, 3.8) is 0 Å². The SMILES string of the molecule is Cc1ccc2ccnc(NCCC(=O)O)c2c1. The second kappa shape index (κ2) is 4.82. The first-order valence-electron chi connectivity index (χ1n) is 5.48. The van der Waals surface area contributed by atoms with Crippen LogP contribution in [0.4, 0.5) is 5.82 Å². The number of nitrogens with one attached hydrogen (secondary N) is 1. The minimum atomic E-state index is -0.811. The highest BCUT2D eigenvalue weighted by atomic mass is 16.4. The zero-order valence-corrected chi connectivity index (χ0v) is 9.60. The smallest absolute Gasteiger partial charge is 0.305 e. The van der Waals surface area contributed by atoms with E-state index in [9.17, 15) is 4.79 Å². The Bertz CT molecular complexity index is 552. The summed E-state index contributed by atoms with van der Waals surface area (Å²) in [7, 11) is 0. The Balaban J connectivity index is 2.27. The molecule has 0 aliphatic rings. The molecule has 17 heavy (non-hydrogen) atoms. The van der Waals surface area contributed by atoms with Gasteiger partial charge in [-0.15, -0.1) is 0 Å². The van der Waals surface area contributed by atoms with Crippen LogP contribution in [0.2, 0.25) is 0 Å². The van der Waals surface area contributed by atoms with E-state index in [1.165, 1.54) is 0 Å². The van der Waals surface area contributed by atoms with Gasteiger partial charge in [-0.25, -0.2) is 4.98 Å². The Hall–Kier alpha value is -2.10. The van der Waals surface area contributed by atoms with Crippen LogP contribution < -0.4 is 5.32 Å². The zero-order chi connectivity index (χ0) is 12.3. The van der Waals surface area contributed by atoms with Gasteiger partial charge in [-0.3, -0.25) is 4.79 Å². The molecule has 0 unspecified atom stereocenters. The zero-order valence-electron chi connectivity index (χ0n) is 9.60. The fourth-order valence-electron chi connectivity index (χ4n) is 1.71. The molecule has 1 aromatic heterocycles. The molecule has 0 amide bonds. The molecule has 0 bridgehead atoms. The molecular formula is C13H14N2O2. The summed E-state index contributed by atoms with van der Waals surface area (Å²) in [5, 5.41) is 13.8. The van der Waals surface area contributed by atoms with Gasteiger partial charge in [0.15, 0.2) is 0 Å². The maximum Gasteiger partial charge on any atom is 0.305 e. The molecule has 2 rings (SSSR count). The molecule has 4 heteroatoms. The predicted octanol–water partition coefficient (Wildman–Crippen LogP) is 2.43. The van der Waals surface area contributed by atoms with E-state index in [0.717, 1.165) is 22.2 Å². The highest BCUT2D eigenvalue weighted by molar-refractivity contribution is 5.92. The summed E-state index contributed by atoms with van der Waals surface area (Å²) in [5.74, 6) is -0.0682. The van der Waals surface area contributed by atoms with Crippen LogP contribution in [0.3, 0.4) is 0 Å². The van der Waals surface area contributed by atoms with E-state index in [4.69, 9.17) is 5.11 Å². The van der Waals surface area contributed by atoms with Crippen LogP contribution in [0, 0.1) is 6.92 Å². The van der Waals surface area contributed by atoms with Crippen LogP contribution >= 0.6 is 0 Å². The second-order valence-electron chi connectivity index (χ2n) is 3.95. The van der Waals surface area contributed by atoms with Crippen LogP contribution in [-0.4, -0.2) is 22.6 Å². The largest absolute Gasteiger partial charge is 0.481 e. The molecule has 2 aromatic rings. The Morgan fingerprint density at radius 3 is 3.00 bits per heavy atom. The Labute approximate surface area is 99.3 Å². The summed E-state index contributed by atoms with van der Waals surface area (Å²) in [6.45, 7) is 2.41. The van der Waals surface area contributed by atoms with Crippen molar-refractivity contribution in [2.75, 3.05) is 11.9 Å². The third kappa shape index (κ3) is 2.72. The van der Waals surface area contributed by atoms with E-state index in [0.29, 0.717) is 6.54 Å². The van der Waals surface area contributed by atoms with Gasteiger partial charge in [0.1, 0.15) is 5.82 Å². The number of pyridine rings is 1. The van der Waals surface area contributed by atoms with E-state index < -0.39 is 5.97 Å². The van der Waals surface area contributed by atoms with Gasteiger partial charge in [0.05, 0.1) is 6.42 Å². The van der Waals surface area contributed by atoms with Gasteiger partial charge in [0.25, 0.3) is 0 Å². The number of aryl methyl sites for hydroxylation is 1. The lowest BCUT2D eigenvalue weighted by molar-refractivity contribution is -0.136. The maximum atomic E-state index is 10.4. The Morgan fingerprint density at radius 1 is 1.41 bits per heavy atom. The van der Waals surface area contributed by atoms with Crippen molar-refractivity contribution in [3.8, 4) is 0 Å². The van der Waals surface area contributed by atoms with E-state index in [1.807, 2.05) is 31.2 Å². The molecule has 0 saturated carbocycles. The van der Waals surface area contributed by atoms with Crippen LogP contribution in [0.15, 0.2) is 30.5 Å². The number of anilines is 1.